The third-order valence-electron chi connectivity index (χ3n) is 5.26. The number of alkyl carbamates (subject to hydrolysis) is 1. The molecule has 4 rings (SSSR count). The van der Waals surface area contributed by atoms with Crippen LogP contribution in [0, 0.1) is 23.4 Å². The van der Waals surface area contributed by atoms with E-state index < -0.39 is 35.2 Å². The highest BCUT2D eigenvalue weighted by Crippen LogP contribution is 2.33. The zero-order valence-corrected chi connectivity index (χ0v) is 14.9. The number of ether oxygens (including phenoxy) is 3. The van der Waals surface area contributed by atoms with Crippen molar-refractivity contribution in [2.24, 2.45) is 5.92 Å². The number of likely N-dealkylation sites (tertiary alicyclic amines) is 1. The van der Waals surface area contributed by atoms with Crippen LogP contribution in [0.2, 0.25) is 0 Å². The summed E-state index contributed by atoms with van der Waals surface area (Å²) < 4.78 is 55.5. The molecule has 10 heteroatoms. The van der Waals surface area contributed by atoms with Gasteiger partial charge in [-0.3, -0.25) is 0 Å². The van der Waals surface area contributed by atoms with Crippen LogP contribution in [-0.2, 0) is 20.8 Å². The van der Waals surface area contributed by atoms with E-state index in [0.717, 1.165) is 0 Å². The lowest BCUT2D eigenvalue weighted by Crippen LogP contribution is -2.70. The van der Waals surface area contributed by atoms with E-state index in [-0.39, 0.29) is 37.4 Å². The lowest BCUT2D eigenvalue weighted by molar-refractivity contribution is -0.0494. The van der Waals surface area contributed by atoms with Crippen molar-refractivity contribution >= 4 is 12.2 Å². The Morgan fingerprint density at radius 1 is 1.25 bits per heavy atom. The van der Waals surface area contributed by atoms with Crippen LogP contribution in [0.25, 0.3) is 0 Å². The van der Waals surface area contributed by atoms with Gasteiger partial charge in [-0.05, 0) is 18.8 Å². The topological polar surface area (TPSA) is 77.1 Å². The highest BCUT2D eigenvalue weighted by Gasteiger charge is 2.52. The molecule has 2 saturated heterocycles. The third kappa shape index (κ3) is 3.73. The summed E-state index contributed by atoms with van der Waals surface area (Å²) in [6.07, 6.45) is 0.0472. The Kier molecular flexibility index (Phi) is 4.82. The number of halogens is 3. The van der Waals surface area contributed by atoms with E-state index in [1.165, 1.54) is 4.90 Å². The van der Waals surface area contributed by atoms with Crippen molar-refractivity contribution in [2.75, 3.05) is 26.3 Å². The first-order valence-electron chi connectivity index (χ1n) is 8.95. The number of hydrogen-bond donors (Lipinski definition) is 1. The molecule has 0 aromatic heterocycles. The SMILES string of the molecule is O=C1NC2(CO1)CN(C(=O)OC1CC(COCc3c(F)cc(F)cc3F)C1)C2. The molecule has 1 aliphatic carbocycles. The molecule has 0 bridgehead atoms. The van der Waals surface area contributed by atoms with Crippen molar-refractivity contribution < 1.29 is 37.0 Å². The largest absolute Gasteiger partial charge is 0.447 e. The minimum absolute atomic E-state index is 0.120. The van der Waals surface area contributed by atoms with Crippen molar-refractivity contribution in [3.8, 4) is 0 Å². The fourth-order valence-corrected chi connectivity index (χ4v) is 3.64. The van der Waals surface area contributed by atoms with Crippen LogP contribution in [0.5, 0.6) is 0 Å². The second kappa shape index (κ2) is 7.16. The molecular weight excluding hydrogens is 381 g/mol. The first kappa shape index (κ1) is 18.9. The first-order valence-corrected chi connectivity index (χ1v) is 8.95. The maximum absolute atomic E-state index is 13.5. The van der Waals surface area contributed by atoms with Gasteiger partial charge in [0.05, 0.1) is 26.3 Å². The Balaban J connectivity index is 1.13. The van der Waals surface area contributed by atoms with E-state index in [1.54, 1.807) is 0 Å². The molecule has 1 aromatic rings. The quantitative estimate of drug-likeness (QED) is 0.821. The number of carbonyl (C=O) groups is 2. The summed E-state index contributed by atoms with van der Waals surface area (Å²) in [5.41, 5.74) is -0.796. The van der Waals surface area contributed by atoms with Gasteiger partial charge in [0.25, 0.3) is 0 Å². The van der Waals surface area contributed by atoms with Crippen molar-refractivity contribution in [1.29, 1.82) is 0 Å². The lowest BCUT2D eigenvalue weighted by atomic mass is 9.83. The number of benzene rings is 1. The molecule has 7 nitrogen and oxygen atoms in total. The number of cyclic esters (lactones) is 1. The van der Waals surface area contributed by atoms with Crippen LogP contribution in [0.4, 0.5) is 22.8 Å². The molecule has 2 amide bonds. The average molecular weight is 400 g/mol. The van der Waals surface area contributed by atoms with Crippen LogP contribution >= 0.6 is 0 Å². The molecule has 1 aromatic carbocycles. The highest BCUT2D eigenvalue weighted by atomic mass is 19.1. The highest BCUT2D eigenvalue weighted by molar-refractivity contribution is 5.74. The summed E-state index contributed by atoms with van der Waals surface area (Å²) in [5.74, 6) is -2.81. The molecular formula is C18H19F3N2O5. The number of hydrogen-bond acceptors (Lipinski definition) is 5. The predicted molar refractivity (Wildman–Crippen MR) is 87.8 cm³/mol. The van der Waals surface area contributed by atoms with Gasteiger partial charge in [0.1, 0.15) is 35.7 Å². The molecule has 0 unspecified atom stereocenters. The van der Waals surface area contributed by atoms with Crippen LogP contribution in [0.15, 0.2) is 12.1 Å². The standard InChI is InChI=1S/C18H19F3N2O5/c19-11-3-14(20)13(15(21)4-11)6-26-5-10-1-12(2-10)28-17(25)23-7-18(8-23)9-27-16(24)22-18/h3-4,10,12H,1-2,5-9H2,(H,22,24). The Labute approximate surface area is 158 Å². The summed E-state index contributed by atoms with van der Waals surface area (Å²) in [5, 5.41) is 2.69. The molecule has 2 aliphatic heterocycles. The number of nitrogens with one attached hydrogen (secondary N) is 1. The summed E-state index contributed by atoms with van der Waals surface area (Å²) in [6.45, 7) is 0.925. The van der Waals surface area contributed by atoms with Gasteiger partial charge >= 0.3 is 12.2 Å². The van der Waals surface area contributed by atoms with Gasteiger partial charge in [-0.25, -0.2) is 22.8 Å². The fourth-order valence-electron chi connectivity index (χ4n) is 3.64. The van der Waals surface area contributed by atoms with E-state index in [2.05, 4.69) is 5.32 Å². The van der Waals surface area contributed by atoms with Gasteiger partial charge in [-0.1, -0.05) is 0 Å². The van der Waals surface area contributed by atoms with Gasteiger partial charge in [-0.2, -0.15) is 0 Å². The molecule has 3 aliphatic rings. The summed E-state index contributed by atoms with van der Waals surface area (Å²) in [6, 6.07) is 1.23. The van der Waals surface area contributed by atoms with Gasteiger partial charge in [0.15, 0.2) is 0 Å². The average Bonchev–Trinajstić information content (AvgIpc) is 2.95. The molecule has 28 heavy (non-hydrogen) atoms. The number of nitrogens with zero attached hydrogens (tertiary/aromatic N) is 1. The van der Waals surface area contributed by atoms with Crippen LogP contribution in [-0.4, -0.2) is 55.0 Å². The van der Waals surface area contributed by atoms with Gasteiger partial charge < -0.3 is 24.4 Å². The third-order valence-corrected chi connectivity index (χ3v) is 5.26. The lowest BCUT2D eigenvalue weighted by Gasteiger charge is -2.46. The van der Waals surface area contributed by atoms with E-state index in [1.807, 2.05) is 0 Å². The Hall–Kier alpha value is -2.49. The molecule has 152 valence electrons. The first-order chi connectivity index (χ1) is 13.3. The van der Waals surface area contributed by atoms with Crippen LogP contribution in [0.3, 0.4) is 0 Å². The maximum atomic E-state index is 13.5. The summed E-state index contributed by atoms with van der Waals surface area (Å²) in [4.78, 5) is 24.7. The monoisotopic (exact) mass is 400 g/mol. The van der Waals surface area contributed by atoms with Gasteiger partial charge in [-0.15, -0.1) is 0 Å². The number of carbonyl (C=O) groups excluding carboxylic acids is 2. The van der Waals surface area contributed by atoms with E-state index >= 15 is 0 Å². The number of amides is 2. The van der Waals surface area contributed by atoms with Crippen molar-refractivity contribution in [2.45, 2.75) is 31.1 Å². The van der Waals surface area contributed by atoms with E-state index in [9.17, 15) is 22.8 Å². The normalized spacial score (nSPS) is 25.0. The van der Waals surface area contributed by atoms with Crippen molar-refractivity contribution in [3.63, 3.8) is 0 Å². The molecule has 3 fully saturated rings. The number of rotatable bonds is 5. The Morgan fingerprint density at radius 3 is 2.54 bits per heavy atom. The maximum Gasteiger partial charge on any atom is 0.410 e. The van der Waals surface area contributed by atoms with E-state index in [4.69, 9.17) is 14.2 Å². The van der Waals surface area contributed by atoms with E-state index in [0.29, 0.717) is 38.1 Å². The summed E-state index contributed by atoms with van der Waals surface area (Å²) >= 11 is 0. The summed E-state index contributed by atoms with van der Waals surface area (Å²) in [7, 11) is 0. The minimum atomic E-state index is -0.978. The van der Waals surface area contributed by atoms with Crippen molar-refractivity contribution in [1.82, 2.24) is 10.2 Å². The molecule has 1 N–H and O–H groups in total. The molecule has 0 radical (unpaired) electrons. The van der Waals surface area contributed by atoms with Crippen LogP contribution in [0.1, 0.15) is 18.4 Å². The Bertz CT molecular complexity index is 770. The van der Waals surface area contributed by atoms with Crippen molar-refractivity contribution in [3.05, 3.63) is 35.1 Å². The zero-order chi connectivity index (χ0) is 19.9. The van der Waals surface area contributed by atoms with Gasteiger partial charge in [0.2, 0.25) is 0 Å². The second-order valence-electron chi connectivity index (χ2n) is 7.54. The molecule has 0 atom stereocenters. The van der Waals surface area contributed by atoms with Crippen LogP contribution < -0.4 is 5.32 Å². The smallest absolute Gasteiger partial charge is 0.410 e. The second-order valence-corrected chi connectivity index (χ2v) is 7.54. The molecule has 1 spiro atoms. The predicted octanol–water partition coefficient (Wildman–Crippen LogP) is 2.33. The minimum Gasteiger partial charge on any atom is -0.447 e. The zero-order valence-electron chi connectivity index (χ0n) is 14.9. The van der Waals surface area contributed by atoms with Gasteiger partial charge in [0, 0.05) is 17.7 Å². The fraction of sp³-hybridized carbons (Fsp3) is 0.556. The molecule has 2 heterocycles. The molecule has 1 saturated carbocycles. The Morgan fingerprint density at radius 2 is 1.93 bits per heavy atom.